The Morgan fingerprint density at radius 3 is 2.60 bits per heavy atom. The van der Waals surface area contributed by atoms with Crippen LogP contribution in [0.5, 0.6) is 11.5 Å². The number of benzene rings is 2. The zero-order valence-corrected chi connectivity index (χ0v) is 14.6. The van der Waals surface area contributed by atoms with Gasteiger partial charge in [0.15, 0.2) is 18.1 Å². The molecule has 0 aliphatic heterocycles. The summed E-state index contributed by atoms with van der Waals surface area (Å²) in [5.74, 6) is -0.746. The lowest BCUT2D eigenvalue weighted by Gasteiger charge is -2.12. The molecule has 2 aromatic rings. The number of ether oxygens (including phenoxy) is 2. The molecule has 7 heteroatoms. The molecule has 2 rings (SSSR count). The summed E-state index contributed by atoms with van der Waals surface area (Å²) >= 11 is 12.3. The highest BCUT2D eigenvalue weighted by Gasteiger charge is 2.14. The summed E-state index contributed by atoms with van der Waals surface area (Å²) in [4.78, 5) is 10.7. The number of carboxylic acid groups (broad SMARTS) is 1. The number of rotatable bonds is 6. The number of halogens is 2. The zero-order valence-electron chi connectivity index (χ0n) is 13.1. The van der Waals surface area contributed by atoms with Crippen molar-refractivity contribution in [3.8, 4) is 17.6 Å². The van der Waals surface area contributed by atoms with Gasteiger partial charge in [0.1, 0.15) is 0 Å². The summed E-state index contributed by atoms with van der Waals surface area (Å²) in [7, 11) is 1.41. The van der Waals surface area contributed by atoms with E-state index in [4.69, 9.17) is 37.8 Å². The topological polar surface area (TPSA) is 79.5 Å². The van der Waals surface area contributed by atoms with Crippen molar-refractivity contribution in [3.05, 3.63) is 57.6 Å². The molecule has 0 bridgehead atoms. The Morgan fingerprint density at radius 2 is 2.00 bits per heavy atom. The van der Waals surface area contributed by atoms with Crippen LogP contribution in [0.15, 0.2) is 36.4 Å². The van der Waals surface area contributed by atoms with Crippen molar-refractivity contribution in [2.24, 2.45) is 0 Å². The molecule has 0 aliphatic rings. The fourth-order valence-corrected chi connectivity index (χ4v) is 2.62. The molecule has 0 amide bonds. The van der Waals surface area contributed by atoms with Crippen molar-refractivity contribution in [1.82, 2.24) is 0 Å². The number of carboxylic acids is 1. The van der Waals surface area contributed by atoms with Gasteiger partial charge in [0, 0.05) is 10.6 Å². The molecule has 2 aromatic carbocycles. The average molecular weight is 378 g/mol. The predicted octanol–water partition coefficient (Wildman–Crippen LogP) is 4.53. The molecular formula is C18H13Cl2NO4. The van der Waals surface area contributed by atoms with E-state index in [9.17, 15) is 10.1 Å². The molecule has 0 atom stereocenters. The summed E-state index contributed by atoms with van der Waals surface area (Å²) in [6.45, 7) is -0.547. The Kier molecular flexibility index (Phi) is 6.29. The zero-order chi connectivity index (χ0) is 18.4. The predicted molar refractivity (Wildman–Crippen MR) is 96.1 cm³/mol. The SMILES string of the molecule is COc1cc(C=C(C#N)c2ccccc2Cl)cc(Cl)c1OCC(=O)O. The average Bonchev–Trinajstić information content (AvgIpc) is 2.58. The van der Waals surface area contributed by atoms with E-state index in [1.54, 1.807) is 42.5 Å². The van der Waals surface area contributed by atoms with Crippen molar-refractivity contribution in [2.75, 3.05) is 13.7 Å². The van der Waals surface area contributed by atoms with Gasteiger partial charge in [0.05, 0.1) is 23.8 Å². The van der Waals surface area contributed by atoms with Gasteiger partial charge in [0.2, 0.25) is 0 Å². The Bertz CT molecular complexity index is 872. The molecule has 5 nitrogen and oxygen atoms in total. The first-order chi connectivity index (χ1) is 12.0. The first-order valence-corrected chi connectivity index (χ1v) is 7.80. The first-order valence-electron chi connectivity index (χ1n) is 7.05. The lowest BCUT2D eigenvalue weighted by atomic mass is 10.0. The molecule has 128 valence electrons. The third-order valence-corrected chi connectivity index (χ3v) is 3.80. The van der Waals surface area contributed by atoms with Crippen LogP contribution < -0.4 is 9.47 Å². The Balaban J connectivity index is 2.46. The lowest BCUT2D eigenvalue weighted by molar-refractivity contribution is -0.139. The van der Waals surface area contributed by atoms with Gasteiger partial charge in [-0.25, -0.2) is 4.79 Å². The van der Waals surface area contributed by atoms with Gasteiger partial charge in [-0.2, -0.15) is 5.26 Å². The summed E-state index contributed by atoms with van der Waals surface area (Å²) in [5, 5.41) is 18.8. The van der Waals surface area contributed by atoms with Gasteiger partial charge >= 0.3 is 5.97 Å². The molecule has 0 radical (unpaired) electrons. The summed E-state index contributed by atoms with van der Waals surface area (Å²) < 4.78 is 10.4. The number of nitriles is 1. The lowest BCUT2D eigenvalue weighted by Crippen LogP contribution is -2.10. The van der Waals surface area contributed by atoms with E-state index in [1.807, 2.05) is 0 Å². The third-order valence-electron chi connectivity index (χ3n) is 3.19. The molecule has 0 saturated heterocycles. The van der Waals surface area contributed by atoms with Crippen LogP contribution in [0.25, 0.3) is 11.6 Å². The van der Waals surface area contributed by atoms with Gasteiger partial charge in [-0.3, -0.25) is 0 Å². The van der Waals surface area contributed by atoms with Gasteiger partial charge in [0.25, 0.3) is 0 Å². The maximum absolute atomic E-state index is 10.7. The van der Waals surface area contributed by atoms with E-state index in [0.717, 1.165) is 0 Å². The summed E-state index contributed by atoms with van der Waals surface area (Å²) in [6.07, 6.45) is 1.61. The first kappa shape index (κ1) is 18.7. The smallest absolute Gasteiger partial charge is 0.341 e. The standard InChI is InChI=1S/C18H13Cl2NO4/c1-24-16-8-11(7-15(20)18(16)25-10-17(22)23)6-12(9-21)13-4-2-3-5-14(13)19/h2-8H,10H2,1H3,(H,22,23). The number of methoxy groups -OCH3 is 1. The highest BCUT2D eigenvalue weighted by atomic mass is 35.5. The van der Waals surface area contributed by atoms with E-state index >= 15 is 0 Å². The van der Waals surface area contributed by atoms with Gasteiger partial charge in [-0.1, -0.05) is 41.4 Å². The normalized spacial score (nSPS) is 10.9. The minimum atomic E-state index is -1.13. The van der Waals surface area contributed by atoms with Crippen LogP contribution in [-0.2, 0) is 4.79 Å². The number of allylic oxidation sites excluding steroid dienone is 1. The van der Waals surface area contributed by atoms with Crippen molar-refractivity contribution >= 4 is 40.8 Å². The van der Waals surface area contributed by atoms with E-state index in [0.29, 0.717) is 21.7 Å². The summed E-state index contributed by atoms with van der Waals surface area (Å²) in [5.41, 5.74) is 1.52. The Hall–Kier alpha value is -2.68. The Morgan fingerprint density at radius 1 is 1.28 bits per heavy atom. The van der Waals surface area contributed by atoms with Crippen LogP contribution in [0.4, 0.5) is 0 Å². The second kappa shape index (κ2) is 8.43. The number of nitrogens with zero attached hydrogens (tertiary/aromatic N) is 1. The third kappa shape index (κ3) is 4.66. The number of hydrogen-bond donors (Lipinski definition) is 1. The van der Waals surface area contributed by atoms with Gasteiger partial charge in [-0.15, -0.1) is 0 Å². The minimum Gasteiger partial charge on any atom is -0.493 e. The summed E-state index contributed by atoms with van der Waals surface area (Å²) in [6, 6.07) is 12.2. The monoisotopic (exact) mass is 377 g/mol. The van der Waals surface area contributed by atoms with Crippen molar-refractivity contribution in [1.29, 1.82) is 5.26 Å². The van der Waals surface area contributed by atoms with Crippen LogP contribution in [0.3, 0.4) is 0 Å². The molecule has 0 saturated carbocycles. The highest BCUT2D eigenvalue weighted by molar-refractivity contribution is 6.33. The highest BCUT2D eigenvalue weighted by Crippen LogP contribution is 2.37. The van der Waals surface area contributed by atoms with E-state index in [2.05, 4.69) is 6.07 Å². The molecule has 0 fully saturated rings. The van der Waals surface area contributed by atoms with Crippen molar-refractivity contribution in [2.45, 2.75) is 0 Å². The van der Waals surface area contributed by atoms with E-state index < -0.39 is 12.6 Å². The molecule has 0 unspecified atom stereocenters. The van der Waals surface area contributed by atoms with Crippen LogP contribution in [-0.4, -0.2) is 24.8 Å². The molecule has 25 heavy (non-hydrogen) atoms. The molecule has 0 spiro atoms. The quantitative estimate of drug-likeness (QED) is 0.590. The van der Waals surface area contributed by atoms with Crippen LogP contribution in [0, 0.1) is 11.3 Å². The maximum atomic E-state index is 10.7. The molecular weight excluding hydrogens is 365 g/mol. The fraction of sp³-hybridized carbons (Fsp3) is 0.111. The fourth-order valence-electron chi connectivity index (χ4n) is 2.11. The minimum absolute atomic E-state index is 0.125. The van der Waals surface area contributed by atoms with Crippen LogP contribution >= 0.6 is 23.2 Å². The Labute approximate surface area is 154 Å². The second-order valence-electron chi connectivity index (χ2n) is 4.87. The second-order valence-corrected chi connectivity index (χ2v) is 5.68. The number of aliphatic carboxylic acids is 1. The van der Waals surface area contributed by atoms with Gasteiger partial charge < -0.3 is 14.6 Å². The molecule has 0 heterocycles. The number of carbonyl (C=O) groups is 1. The van der Waals surface area contributed by atoms with Crippen LogP contribution in [0.2, 0.25) is 10.0 Å². The van der Waals surface area contributed by atoms with E-state index in [-0.39, 0.29) is 16.5 Å². The van der Waals surface area contributed by atoms with Crippen LogP contribution in [0.1, 0.15) is 11.1 Å². The van der Waals surface area contributed by atoms with Gasteiger partial charge in [-0.05, 0) is 29.8 Å². The number of hydrogen-bond acceptors (Lipinski definition) is 4. The molecule has 0 aliphatic carbocycles. The van der Waals surface area contributed by atoms with Crippen molar-refractivity contribution < 1.29 is 19.4 Å². The van der Waals surface area contributed by atoms with E-state index in [1.165, 1.54) is 7.11 Å². The molecule has 1 N–H and O–H groups in total. The maximum Gasteiger partial charge on any atom is 0.341 e. The van der Waals surface area contributed by atoms with Crippen molar-refractivity contribution in [3.63, 3.8) is 0 Å². The largest absolute Gasteiger partial charge is 0.493 e. The molecule has 0 aromatic heterocycles.